The Labute approximate surface area is 330 Å². The third kappa shape index (κ3) is 16.9. The standard InChI is InChI=1S/C13H27N.2C12H25N.C11H23N/c1-12(2,3)11-7-9-14(10-8-11)13(4,5)6;1-11(2,3)9-7-10(13-8-9)12(4,5)6;1-11(2,3)10-7-8-13(9-10)12(4,5)6;1-10(2,3)9-7-12(8-9)11(4,5)6/h11H,7-10H2,1-6H3;9-10,13H,7-8H2,1-6H3;10H,7-9H2,1-6H3;9H,7-8H2,1-6H3. The van der Waals surface area contributed by atoms with Crippen LogP contribution in [0.5, 0.6) is 0 Å². The van der Waals surface area contributed by atoms with Crippen molar-refractivity contribution in [2.24, 2.45) is 50.7 Å². The Bertz CT molecular complexity index is 882. The molecule has 4 aliphatic heterocycles. The molecule has 3 unspecified atom stereocenters. The molecule has 4 heteroatoms. The monoisotopic (exact) mass is 733 g/mol. The molecule has 4 aliphatic rings. The molecule has 0 amide bonds. The van der Waals surface area contributed by atoms with Gasteiger partial charge in [0.1, 0.15) is 0 Å². The molecule has 0 radical (unpaired) electrons. The van der Waals surface area contributed by atoms with Crippen LogP contribution < -0.4 is 5.32 Å². The molecule has 4 heterocycles. The summed E-state index contributed by atoms with van der Waals surface area (Å²) in [5.41, 5.74) is 3.48. The lowest BCUT2D eigenvalue weighted by atomic mass is 9.74. The molecule has 0 aromatic carbocycles. The van der Waals surface area contributed by atoms with Gasteiger partial charge in [0.05, 0.1) is 0 Å². The number of nitrogens with zero attached hydrogens (tertiary/aromatic N) is 3. The lowest BCUT2D eigenvalue weighted by Gasteiger charge is -2.52. The van der Waals surface area contributed by atoms with Crippen LogP contribution in [0.2, 0.25) is 0 Å². The van der Waals surface area contributed by atoms with Crippen molar-refractivity contribution in [2.75, 3.05) is 45.8 Å². The van der Waals surface area contributed by atoms with Gasteiger partial charge in [0, 0.05) is 42.3 Å². The SMILES string of the molecule is CC(C)(C)C1CCN(C(C)(C)C)C1.CC(C)(C)C1CCN(C(C)(C)C)CC1.CC(C)(C)C1CN(C(C)(C)C)C1.CC(C)(C)C1CNC(C(C)(C)C)C1. The predicted molar refractivity (Wildman–Crippen MR) is 235 cm³/mol. The fourth-order valence-electron chi connectivity index (χ4n) is 8.12. The van der Waals surface area contributed by atoms with Crippen LogP contribution in [0, 0.1) is 50.7 Å². The van der Waals surface area contributed by atoms with Crippen LogP contribution in [0.15, 0.2) is 0 Å². The third-order valence-electron chi connectivity index (χ3n) is 13.5. The molecule has 4 rings (SSSR count). The van der Waals surface area contributed by atoms with E-state index in [-0.39, 0.29) is 0 Å². The number of piperidine rings is 1. The maximum atomic E-state index is 3.65. The van der Waals surface area contributed by atoms with Crippen LogP contribution in [0.4, 0.5) is 0 Å². The van der Waals surface area contributed by atoms with Crippen molar-refractivity contribution in [3.63, 3.8) is 0 Å². The zero-order valence-corrected chi connectivity index (χ0v) is 40.5. The number of hydrogen-bond donors (Lipinski definition) is 1. The summed E-state index contributed by atoms with van der Waals surface area (Å²) in [5, 5.41) is 3.65. The van der Waals surface area contributed by atoms with Crippen molar-refractivity contribution >= 4 is 0 Å². The molecule has 4 fully saturated rings. The Hall–Kier alpha value is -0.160. The molecule has 52 heavy (non-hydrogen) atoms. The van der Waals surface area contributed by atoms with E-state index in [0.717, 1.165) is 23.7 Å². The Kier molecular flexibility index (Phi) is 17.2. The van der Waals surface area contributed by atoms with E-state index >= 15 is 0 Å². The maximum Gasteiger partial charge on any atom is 0.0125 e. The van der Waals surface area contributed by atoms with Gasteiger partial charge in [-0.25, -0.2) is 0 Å². The highest BCUT2D eigenvalue weighted by Crippen LogP contribution is 2.39. The molecule has 1 N–H and O–H groups in total. The van der Waals surface area contributed by atoms with Gasteiger partial charge in [-0.3, -0.25) is 14.7 Å². The molecule has 3 atom stereocenters. The Morgan fingerprint density at radius 2 is 0.673 bits per heavy atom. The minimum Gasteiger partial charge on any atom is -0.313 e. The maximum absolute atomic E-state index is 3.65. The van der Waals surface area contributed by atoms with Crippen LogP contribution in [-0.4, -0.2) is 83.2 Å². The second-order valence-electron chi connectivity index (χ2n) is 26.0. The van der Waals surface area contributed by atoms with Crippen LogP contribution in [-0.2, 0) is 0 Å². The fraction of sp³-hybridized carbons (Fsp3) is 1.00. The van der Waals surface area contributed by atoms with Crippen molar-refractivity contribution in [3.8, 4) is 0 Å². The van der Waals surface area contributed by atoms with Gasteiger partial charge in [-0.05, 0) is 165 Å². The van der Waals surface area contributed by atoms with Gasteiger partial charge in [0.15, 0.2) is 0 Å². The van der Waals surface area contributed by atoms with Crippen molar-refractivity contribution in [2.45, 2.75) is 215 Å². The van der Waals surface area contributed by atoms with E-state index in [1.807, 2.05) is 0 Å². The van der Waals surface area contributed by atoms with Crippen molar-refractivity contribution < 1.29 is 0 Å². The minimum atomic E-state index is 0.361. The molecule has 4 saturated heterocycles. The lowest BCUT2D eigenvalue weighted by molar-refractivity contribution is -0.0345. The van der Waals surface area contributed by atoms with E-state index in [9.17, 15) is 0 Å². The van der Waals surface area contributed by atoms with Gasteiger partial charge in [-0.1, -0.05) is 104 Å². The Morgan fingerprint density at radius 3 is 0.923 bits per heavy atom. The smallest absolute Gasteiger partial charge is 0.0125 e. The van der Waals surface area contributed by atoms with Gasteiger partial charge in [0.2, 0.25) is 0 Å². The van der Waals surface area contributed by atoms with E-state index < -0.39 is 0 Å². The highest BCUT2D eigenvalue weighted by atomic mass is 15.2. The summed E-state index contributed by atoms with van der Waals surface area (Å²) in [6, 6.07) is 0.705. The number of hydrogen-bond acceptors (Lipinski definition) is 4. The third-order valence-corrected chi connectivity index (χ3v) is 13.5. The minimum absolute atomic E-state index is 0.361. The van der Waals surface area contributed by atoms with Crippen LogP contribution in [0.1, 0.15) is 192 Å². The predicted octanol–water partition coefficient (Wildman–Crippen LogP) is 12.5. The second-order valence-corrected chi connectivity index (χ2v) is 26.0. The van der Waals surface area contributed by atoms with Crippen LogP contribution >= 0.6 is 0 Å². The quantitative estimate of drug-likeness (QED) is 0.268. The summed E-state index contributed by atoms with van der Waals surface area (Å²) < 4.78 is 0. The first-order chi connectivity index (χ1) is 22.8. The van der Waals surface area contributed by atoms with E-state index in [0.29, 0.717) is 49.7 Å². The molecule has 0 aromatic rings. The van der Waals surface area contributed by atoms with Crippen molar-refractivity contribution in [1.82, 2.24) is 20.0 Å². The number of likely N-dealkylation sites (tertiary alicyclic amines) is 3. The molecule has 0 bridgehead atoms. The van der Waals surface area contributed by atoms with E-state index in [1.54, 1.807) is 0 Å². The van der Waals surface area contributed by atoms with Gasteiger partial charge >= 0.3 is 0 Å². The lowest BCUT2D eigenvalue weighted by Crippen LogP contribution is -2.59. The topological polar surface area (TPSA) is 21.8 Å². The average Bonchev–Trinajstić information content (AvgIpc) is 3.57. The summed E-state index contributed by atoms with van der Waals surface area (Å²) in [6.07, 6.45) is 5.47. The van der Waals surface area contributed by atoms with Crippen LogP contribution in [0.3, 0.4) is 0 Å². The second kappa shape index (κ2) is 18.0. The first-order valence-corrected chi connectivity index (χ1v) is 21.8. The fourth-order valence-corrected chi connectivity index (χ4v) is 8.12. The zero-order chi connectivity index (χ0) is 41.1. The molecule has 0 aliphatic carbocycles. The molecule has 4 nitrogen and oxygen atoms in total. The van der Waals surface area contributed by atoms with Gasteiger partial charge in [-0.15, -0.1) is 0 Å². The summed E-state index contributed by atoms with van der Waals surface area (Å²) in [7, 11) is 0. The highest BCUT2D eigenvalue weighted by Gasteiger charge is 2.41. The summed E-state index contributed by atoms with van der Waals surface area (Å²) in [4.78, 5) is 7.79. The van der Waals surface area contributed by atoms with Gasteiger partial charge in [0.25, 0.3) is 0 Å². The Morgan fingerprint density at radius 1 is 0.346 bits per heavy atom. The molecule has 0 spiro atoms. The van der Waals surface area contributed by atoms with Crippen LogP contribution in [0.25, 0.3) is 0 Å². The van der Waals surface area contributed by atoms with E-state index in [4.69, 9.17) is 0 Å². The summed E-state index contributed by atoms with van der Waals surface area (Å²) >= 11 is 0. The highest BCUT2D eigenvalue weighted by molar-refractivity contribution is 4.95. The summed E-state index contributed by atoms with van der Waals surface area (Å²) in [5.74, 6) is 3.54. The average molecular weight is 733 g/mol. The van der Waals surface area contributed by atoms with Crippen molar-refractivity contribution in [1.29, 1.82) is 0 Å². The molecule has 312 valence electrons. The van der Waals surface area contributed by atoms with E-state index in [2.05, 4.69) is 186 Å². The molecule has 0 saturated carbocycles. The summed E-state index contributed by atoms with van der Waals surface area (Å²) in [6.45, 7) is 65.0. The normalized spacial score (nSPS) is 25.7. The Balaban J connectivity index is 0.000000347. The first kappa shape index (κ1) is 49.9. The molecular formula is C48H100N4. The first-order valence-electron chi connectivity index (χ1n) is 21.8. The molecular weight excluding hydrogens is 633 g/mol. The zero-order valence-electron chi connectivity index (χ0n) is 40.5. The number of nitrogens with one attached hydrogen (secondary N) is 1. The van der Waals surface area contributed by atoms with Crippen molar-refractivity contribution in [3.05, 3.63) is 0 Å². The largest absolute Gasteiger partial charge is 0.313 e. The molecule has 0 aromatic heterocycles. The van der Waals surface area contributed by atoms with Gasteiger partial charge in [-0.2, -0.15) is 0 Å². The van der Waals surface area contributed by atoms with E-state index in [1.165, 1.54) is 71.5 Å². The van der Waals surface area contributed by atoms with Gasteiger partial charge < -0.3 is 5.32 Å². The number of rotatable bonds is 0.